The van der Waals surface area contributed by atoms with Crippen molar-refractivity contribution in [2.45, 2.75) is 11.8 Å². The topological polar surface area (TPSA) is 104 Å². The molecule has 0 aliphatic carbocycles. The van der Waals surface area contributed by atoms with Crippen LogP contribution in [0, 0.1) is 6.92 Å². The van der Waals surface area contributed by atoms with Gasteiger partial charge < -0.3 is 10.2 Å². The zero-order valence-electron chi connectivity index (χ0n) is 13.2. The first-order chi connectivity index (χ1) is 11.8. The molecule has 3 aromatic rings. The summed E-state index contributed by atoms with van der Waals surface area (Å²) in [6, 6.07) is 13.8. The van der Waals surface area contributed by atoms with E-state index in [0.717, 1.165) is 17.0 Å². The number of rotatable bonds is 4. The minimum atomic E-state index is -3.97. The standard InChI is InChI=1S/C18H15NO5S/c1-11-4-2-6-14-13(11)5-3-7-17(14)25(23,24)19-15-9-8-12(18(21)22)10-16(15)20/h2-10,19-20H,1H3,(H,21,22). The fraction of sp³-hybridized carbons (Fsp3) is 0.0556. The minimum absolute atomic E-state index is 0.0791. The Morgan fingerprint density at radius 1 is 1.00 bits per heavy atom. The molecule has 0 heterocycles. The van der Waals surface area contributed by atoms with E-state index >= 15 is 0 Å². The lowest BCUT2D eigenvalue weighted by molar-refractivity contribution is 0.0696. The van der Waals surface area contributed by atoms with Gasteiger partial charge >= 0.3 is 5.97 Å². The van der Waals surface area contributed by atoms with Gasteiger partial charge in [0, 0.05) is 5.39 Å². The lowest BCUT2D eigenvalue weighted by Gasteiger charge is -2.13. The molecular formula is C18H15NO5S. The fourth-order valence-corrected chi connectivity index (χ4v) is 3.92. The Morgan fingerprint density at radius 3 is 2.36 bits per heavy atom. The monoisotopic (exact) mass is 357 g/mol. The van der Waals surface area contributed by atoms with Crippen molar-refractivity contribution < 1.29 is 23.4 Å². The lowest BCUT2D eigenvalue weighted by atomic mass is 10.1. The highest BCUT2D eigenvalue weighted by Crippen LogP contribution is 2.30. The second-order valence-corrected chi connectivity index (χ2v) is 7.22. The number of fused-ring (bicyclic) bond motifs is 1. The number of phenols is 1. The van der Waals surface area contributed by atoms with Crippen molar-refractivity contribution in [3.63, 3.8) is 0 Å². The summed E-state index contributed by atoms with van der Waals surface area (Å²) in [5, 5.41) is 20.2. The molecule has 0 bridgehead atoms. The highest BCUT2D eigenvalue weighted by atomic mass is 32.2. The number of sulfonamides is 1. The molecule has 6 nitrogen and oxygen atoms in total. The number of benzene rings is 3. The number of hydrogen-bond donors (Lipinski definition) is 3. The largest absolute Gasteiger partial charge is 0.506 e. The van der Waals surface area contributed by atoms with Gasteiger partial charge in [0.2, 0.25) is 0 Å². The van der Waals surface area contributed by atoms with Crippen molar-refractivity contribution in [2.75, 3.05) is 4.72 Å². The first kappa shape index (κ1) is 16.8. The first-order valence-electron chi connectivity index (χ1n) is 7.37. The van der Waals surface area contributed by atoms with Crippen LogP contribution in [-0.2, 0) is 10.0 Å². The second-order valence-electron chi connectivity index (χ2n) is 5.57. The van der Waals surface area contributed by atoms with Crippen molar-refractivity contribution in [1.29, 1.82) is 0 Å². The highest BCUT2D eigenvalue weighted by molar-refractivity contribution is 7.93. The molecule has 0 aliphatic heterocycles. The fourth-order valence-electron chi connectivity index (χ4n) is 2.62. The molecule has 0 atom stereocenters. The quantitative estimate of drug-likeness (QED) is 0.621. The van der Waals surface area contributed by atoms with E-state index in [-0.39, 0.29) is 16.1 Å². The van der Waals surface area contributed by atoms with Crippen LogP contribution in [0.15, 0.2) is 59.5 Å². The third-order valence-electron chi connectivity index (χ3n) is 3.88. The summed E-state index contributed by atoms with van der Waals surface area (Å²) in [4.78, 5) is 11.0. The Morgan fingerprint density at radius 2 is 1.68 bits per heavy atom. The van der Waals surface area contributed by atoms with Crippen LogP contribution in [0.5, 0.6) is 5.75 Å². The van der Waals surface area contributed by atoms with Gasteiger partial charge in [0.25, 0.3) is 10.0 Å². The van der Waals surface area contributed by atoms with E-state index in [9.17, 15) is 18.3 Å². The van der Waals surface area contributed by atoms with Gasteiger partial charge in [0.05, 0.1) is 16.1 Å². The molecular weight excluding hydrogens is 342 g/mol. The third-order valence-corrected chi connectivity index (χ3v) is 5.30. The minimum Gasteiger partial charge on any atom is -0.506 e. The number of aryl methyl sites for hydroxylation is 1. The molecule has 0 unspecified atom stereocenters. The lowest BCUT2D eigenvalue weighted by Crippen LogP contribution is -2.14. The molecule has 0 saturated carbocycles. The summed E-state index contributed by atoms with van der Waals surface area (Å²) >= 11 is 0. The Bertz CT molecular complexity index is 1090. The molecule has 0 amide bonds. The number of anilines is 1. The zero-order valence-corrected chi connectivity index (χ0v) is 14.0. The van der Waals surface area contributed by atoms with Crippen LogP contribution < -0.4 is 4.72 Å². The van der Waals surface area contributed by atoms with Crippen LogP contribution in [0.4, 0.5) is 5.69 Å². The van der Waals surface area contributed by atoms with Crippen molar-refractivity contribution in [2.24, 2.45) is 0 Å². The van der Waals surface area contributed by atoms with Crippen molar-refractivity contribution >= 4 is 32.5 Å². The normalized spacial score (nSPS) is 11.4. The molecule has 0 fully saturated rings. The summed E-state index contributed by atoms with van der Waals surface area (Å²) < 4.78 is 27.8. The summed E-state index contributed by atoms with van der Waals surface area (Å²) in [5.41, 5.74) is 0.721. The van der Waals surface area contributed by atoms with Crippen molar-refractivity contribution in [3.8, 4) is 5.75 Å². The zero-order chi connectivity index (χ0) is 18.2. The van der Waals surface area contributed by atoms with Crippen LogP contribution in [0.1, 0.15) is 15.9 Å². The second kappa shape index (κ2) is 6.10. The third kappa shape index (κ3) is 3.14. The van der Waals surface area contributed by atoms with Gasteiger partial charge in [-0.15, -0.1) is 0 Å². The van der Waals surface area contributed by atoms with Gasteiger partial charge in [-0.3, -0.25) is 4.72 Å². The molecule has 0 aliphatic rings. The van der Waals surface area contributed by atoms with Gasteiger partial charge in [-0.05, 0) is 42.1 Å². The van der Waals surface area contributed by atoms with Crippen molar-refractivity contribution in [3.05, 3.63) is 65.7 Å². The highest BCUT2D eigenvalue weighted by Gasteiger charge is 2.20. The summed E-state index contributed by atoms with van der Waals surface area (Å²) in [5.74, 6) is -1.67. The maximum absolute atomic E-state index is 12.8. The number of hydrogen-bond acceptors (Lipinski definition) is 4. The number of phenolic OH excluding ortho intramolecular Hbond substituents is 1. The molecule has 0 radical (unpaired) electrons. The summed E-state index contributed by atoms with van der Waals surface area (Å²) in [6.45, 7) is 1.89. The van der Waals surface area contributed by atoms with E-state index in [0.29, 0.717) is 5.39 Å². The smallest absolute Gasteiger partial charge is 0.335 e. The van der Waals surface area contributed by atoms with Gasteiger partial charge in [0.15, 0.2) is 0 Å². The predicted octanol–water partition coefficient (Wildman–Crippen LogP) is 3.35. The maximum Gasteiger partial charge on any atom is 0.335 e. The van der Waals surface area contributed by atoms with E-state index in [1.807, 2.05) is 19.1 Å². The van der Waals surface area contributed by atoms with E-state index in [2.05, 4.69) is 4.72 Å². The number of carbonyl (C=O) groups is 1. The molecule has 0 aromatic heterocycles. The van der Waals surface area contributed by atoms with Gasteiger partial charge in [-0.1, -0.05) is 30.3 Å². The van der Waals surface area contributed by atoms with Gasteiger partial charge in [-0.25, -0.2) is 13.2 Å². The Labute approximate surface area is 144 Å². The summed E-state index contributed by atoms with van der Waals surface area (Å²) in [7, 11) is -3.97. The number of nitrogens with one attached hydrogen (secondary N) is 1. The van der Waals surface area contributed by atoms with Crippen LogP contribution in [0.2, 0.25) is 0 Å². The summed E-state index contributed by atoms with van der Waals surface area (Å²) in [6.07, 6.45) is 0. The Balaban J connectivity index is 2.07. The number of aromatic hydroxyl groups is 1. The first-order valence-corrected chi connectivity index (χ1v) is 8.85. The molecule has 3 aromatic carbocycles. The van der Waals surface area contributed by atoms with E-state index in [4.69, 9.17) is 5.11 Å². The SMILES string of the molecule is Cc1cccc2c(S(=O)(=O)Nc3ccc(C(=O)O)cc3O)cccc12. The van der Waals surface area contributed by atoms with Gasteiger partial charge in [-0.2, -0.15) is 0 Å². The van der Waals surface area contributed by atoms with Gasteiger partial charge in [0.1, 0.15) is 5.75 Å². The molecule has 7 heteroatoms. The maximum atomic E-state index is 12.8. The van der Waals surface area contributed by atoms with Crippen LogP contribution >= 0.6 is 0 Å². The van der Waals surface area contributed by atoms with Crippen molar-refractivity contribution in [1.82, 2.24) is 0 Å². The van der Waals surface area contributed by atoms with E-state index in [1.54, 1.807) is 18.2 Å². The van der Waals surface area contributed by atoms with E-state index in [1.165, 1.54) is 18.2 Å². The van der Waals surface area contributed by atoms with Crippen LogP contribution in [0.3, 0.4) is 0 Å². The average molecular weight is 357 g/mol. The van der Waals surface area contributed by atoms with E-state index < -0.39 is 21.7 Å². The molecule has 128 valence electrons. The predicted molar refractivity (Wildman–Crippen MR) is 94.6 cm³/mol. The Hall–Kier alpha value is -3.06. The molecule has 3 N–H and O–H groups in total. The average Bonchev–Trinajstić information content (AvgIpc) is 2.56. The molecule has 25 heavy (non-hydrogen) atoms. The van der Waals surface area contributed by atoms with Crippen LogP contribution in [-0.4, -0.2) is 24.6 Å². The number of aromatic carboxylic acids is 1. The molecule has 3 rings (SSSR count). The number of carboxylic acids is 1. The molecule has 0 spiro atoms. The molecule has 0 saturated heterocycles. The van der Waals surface area contributed by atoms with Crippen LogP contribution in [0.25, 0.3) is 10.8 Å². The number of carboxylic acid groups (broad SMARTS) is 1. The Kier molecular flexibility index (Phi) is 4.10.